The number of ether oxygens (including phenoxy) is 6. The van der Waals surface area contributed by atoms with E-state index in [0.717, 1.165) is 5.56 Å². The van der Waals surface area contributed by atoms with Crippen molar-refractivity contribution < 1.29 is 57.5 Å². The zero-order chi connectivity index (χ0) is 39.1. The van der Waals surface area contributed by atoms with Crippen LogP contribution in [0.4, 0.5) is 4.79 Å². The van der Waals surface area contributed by atoms with Crippen LogP contribution in [0.1, 0.15) is 58.9 Å². The van der Waals surface area contributed by atoms with Crippen molar-refractivity contribution in [3.63, 3.8) is 0 Å². The predicted molar refractivity (Wildman–Crippen MR) is 193 cm³/mol. The highest BCUT2D eigenvalue weighted by Crippen LogP contribution is 2.34. The van der Waals surface area contributed by atoms with Crippen molar-refractivity contribution in [2.24, 2.45) is 11.8 Å². The van der Waals surface area contributed by atoms with Crippen molar-refractivity contribution in [1.82, 2.24) is 10.2 Å². The number of aliphatic hydroxyl groups excluding tert-OH is 1. The van der Waals surface area contributed by atoms with Crippen LogP contribution >= 0.6 is 0 Å². The summed E-state index contributed by atoms with van der Waals surface area (Å²) in [5.41, 5.74) is 1.05. The van der Waals surface area contributed by atoms with Crippen LogP contribution in [0.5, 0.6) is 0 Å². The number of methoxy groups -OCH3 is 1. The molecule has 2 aliphatic rings. The van der Waals surface area contributed by atoms with Gasteiger partial charge in [0.2, 0.25) is 0 Å². The predicted octanol–water partition coefficient (Wildman–Crippen LogP) is 3.33. The van der Waals surface area contributed by atoms with Gasteiger partial charge in [0.05, 0.1) is 24.7 Å². The molecule has 0 spiro atoms. The van der Waals surface area contributed by atoms with Crippen LogP contribution in [0.25, 0.3) is 0 Å². The monoisotopic (exact) mass is 744 g/mol. The Balaban J connectivity index is 1.95. The number of nitrogens with zero attached hydrogens (tertiary/aromatic N) is 1. The van der Waals surface area contributed by atoms with E-state index in [9.17, 15) is 29.1 Å². The van der Waals surface area contributed by atoms with Crippen molar-refractivity contribution in [1.29, 1.82) is 0 Å². The van der Waals surface area contributed by atoms with Crippen molar-refractivity contribution in [3.05, 3.63) is 60.2 Å². The van der Waals surface area contributed by atoms with E-state index in [1.807, 2.05) is 30.3 Å². The Hall–Kier alpha value is -3.95. The van der Waals surface area contributed by atoms with E-state index in [0.29, 0.717) is 25.7 Å². The molecule has 1 fully saturated rings. The number of aldehydes is 1. The molecule has 53 heavy (non-hydrogen) atoms. The molecule has 0 radical (unpaired) electrons. The number of benzene rings is 1. The molecule has 0 saturated carbocycles. The summed E-state index contributed by atoms with van der Waals surface area (Å²) >= 11 is 0. The van der Waals surface area contributed by atoms with Crippen molar-refractivity contribution in [3.8, 4) is 0 Å². The average molecular weight is 745 g/mol. The molecule has 294 valence electrons. The number of carbonyl (C=O) groups is 5. The number of esters is 2. The lowest BCUT2D eigenvalue weighted by molar-refractivity contribution is -0.309. The molecule has 1 unspecified atom stereocenters. The van der Waals surface area contributed by atoms with Gasteiger partial charge in [-0.2, -0.15) is 0 Å². The second-order valence-electron chi connectivity index (χ2n) is 13.9. The van der Waals surface area contributed by atoms with Crippen molar-refractivity contribution >= 4 is 30.1 Å². The molecule has 0 bridgehead atoms. The van der Waals surface area contributed by atoms with Gasteiger partial charge in [-0.25, -0.2) is 4.79 Å². The van der Waals surface area contributed by atoms with Crippen LogP contribution in [0.15, 0.2) is 54.6 Å². The van der Waals surface area contributed by atoms with Crippen LogP contribution < -0.4 is 5.32 Å². The minimum absolute atomic E-state index is 0.107. The Morgan fingerprint density at radius 3 is 2.40 bits per heavy atom. The second kappa shape index (κ2) is 21.7. The first kappa shape index (κ1) is 43.5. The number of ketones is 1. The lowest BCUT2D eigenvalue weighted by atomic mass is 9.83. The van der Waals surface area contributed by atoms with Gasteiger partial charge in [-0.1, -0.05) is 55.5 Å². The number of carbonyl (C=O) groups excluding carboxylic acids is 5. The molecule has 1 amide bonds. The number of rotatable bonds is 11. The fourth-order valence-corrected chi connectivity index (χ4v) is 6.75. The summed E-state index contributed by atoms with van der Waals surface area (Å²) in [6.45, 7) is 6.62. The van der Waals surface area contributed by atoms with Crippen LogP contribution in [-0.2, 0) is 54.0 Å². The maximum Gasteiger partial charge on any atom is 0.407 e. The summed E-state index contributed by atoms with van der Waals surface area (Å²) in [5, 5.41) is 14.6. The summed E-state index contributed by atoms with van der Waals surface area (Å²) in [4.78, 5) is 65.5. The molecule has 0 aromatic heterocycles. The smallest absolute Gasteiger partial charge is 0.407 e. The highest BCUT2D eigenvalue weighted by atomic mass is 16.7. The number of hydrogen-bond donors (Lipinski definition) is 2. The highest BCUT2D eigenvalue weighted by molar-refractivity contribution is 5.91. The number of allylic oxidation sites excluding steroid dienone is 3. The summed E-state index contributed by atoms with van der Waals surface area (Å²) in [5.74, 6) is -2.88. The largest absolute Gasteiger partial charge is 0.462 e. The first-order valence-electron chi connectivity index (χ1n) is 18.1. The number of amides is 1. The Kier molecular flexibility index (Phi) is 17.8. The summed E-state index contributed by atoms with van der Waals surface area (Å²) in [7, 11) is 4.77. The number of alkyl carbamates (subject to hydrolysis) is 1. The maximum absolute atomic E-state index is 13.2. The van der Waals surface area contributed by atoms with E-state index in [-0.39, 0.29) is 18.6 Å². The summed E-state index contributed by atoms with van der Waals surface area (Å²) in [6, 6.07) is 8.84. The molecule has 3 rings (SSSR count). The molecule has 1 saturated heterocycles. The minimum atomic E-state index is -1.41. The van der Waals surface area contributed by atoms with Crippen LogP contribution in [-0.4, -0.2) is 123 Å². The Morgan fingerprint density at radius 2 is 1.75 bits per heavy atom. The lowest BCUT2D eigenvalue weighted by Crippen LogP contribution is -2.65. The van der Waals surface area contributed by atoms with Crippen molar-refractivity contribution in [2.45, 2.75) is 115 Å². The van der Waals surface area contributed by atoms with Crippen LogP contribution in [0.2, 0.25) is 0 Å². The molecular formula is C39H56N2O12. The SMILES string of the molecule is COC1[C@@H](O[C@@H]2O[C@H](C)[C@@H](OC(=O)NCCc3ccccc3)[C@H](N(C)C)[C@H]2O)[C@@H](CC=O)C[C@@H](C)C(=O)/C=C/C=C/C[C@@H](C)OC(=O)C[C@H]1OC(C)=O. The van der Waals surface area contributed by atoms with Gasteiger partial charge < -0.3 is 48.5 Å². The number of hydrogen-bond acceptors (Lipinski definition) is 13. The van der Waals surface area contributed by atoms with Gasteiger partial charge in [0.25, 0.3) is 0 Å². The van der Waals surface area contributed by atoms with E-state index >= 15 is 0 Å². The maximum atomic E-state index is 13.2. The quantitative estimate of drug-likeness (QED) is 0.192. The van der Waals surface area contributed by atoms with Crippen LogP contribution in [0.3, 0.4) is 0 Å². The van der Waals surface area contributed by atoms with Gasteiger partial charge in [0.15, 0.2) is 12.1 Å². The van der Waals surface area contributed by atoms with Gasteiger partial charge in [-0.05, 0) is 58.3 Å². The molecule has 2 heterocycles. The molecule has 1 aromatic carbocycles. The third-order valence-corrected chi connectivity index (χ3v) is 9.39. The standard InChI is InChI=1S/C39H56N2O12/c1-24-22-29(19-21-42)36(37(48-7)31(51-27(4)43)23-32(45)49-25(2)14-10-8-13-17-30(24)44)52-38-34(46)33(41(5)6)35(26(3)50-38)53-39(47)40-20-18-28-15-11-9-12-16-28/h8-13,15-17,21,24-26,29,31,33-38,46H,14,18-20,22-23H2,1-7H3,(H,40,47)/b10-8+,17-13+/t24-,25-,26-,29+,31-,33-,34-,35-,36+,37?,38+/m1/s1. The molecule has 2 N–H and O–H groups in total. The topological polar surface area (TPSA) is 176 Å². The molecular weight excluding hydrogens is 688 g/mol. The Bertz CT molecular complexity index is 1400. The zero-order valence-corrected chi connectivity index (χ0v) is 31.8. The first-order valence-corrected chi connectivity index (χ1v) is 18.1. The third-order valence-electron chi connectivity index (χ3n) is 9.39. The molecule has 14 heteroatoms. The van der Waals surface area contributed by atoms with E-state index in [4.69, 9.17) is 28.4 Å². The summed E-state index contributed by atoms with van der Waals surface area (Å²) in [6.07, 6.45) is -1.56. The lowest BCUT2D eigenvalue weighted by Gasteiger charge is -2.47. The minimum Gasteiger partial charge on any atom is -0.462 e. The van der Waals surface area contributed by atoms with E-state index in [2.05, 4.69) is 5.32 Å². The molecule has 14 nitrogen and oxygen atoms in total. The van der Waals surface area contributed by atoms with E-state index in [1.165, 1.54) is 20.1 Å². The Labute approximate surface area is 312 Å². The normalized spacial score (nSPS) is 33.0. The first-order chi connectivity index (χ1) is 25.2. The van der Waals surface area contributed by atoms with Gasteiger partial charge >= 0.3 is 18.0 Å². The van der Waals surface area contributed by atoms with Gasteiger partial charge in [-0.15, -0.1) is 0 Å². The highest BCUT2D eigenvalue weighted by Gasteiger charge is 2.50. The second-order valence-corrected chi connectivity index (χ2v) is 13.9. The molecule has 1 aromatic rings. The average Bonchev–Trinajstić information content (AvgIpc) is 3.09. The molecule has 0 aliphatic carbocycles. The third kappa shape index (κ3) is 13.4. The Morgan fingerprint density at radius 1 is 1.04 bits per heavy atom. The zero-order valence-electron chi connectivity index (χ0n) is 31.8. The van der Waals surface area contributed by atoms with E-state index < -0.39 is 91.3 Å². The molecule has 2 aliphatic heterocycles. The number of nitrogens with one attached hydrogen (secondary N) is 1. The fraction of sp³-hybridized carbons (Fsp3) is 0.615. The number of cyclic esters (lactones) is 1. The molecule has 11 atom stereocenters. The van der Waals surface area contributed by atoms with Gasteiger partial charge in [-0.3, -0.25) is 14.4 Å². The number of likely N-dealkylation sites (N-methyl/N-ethyl adjacent to an activating group) is 1. The number of aliphatic hydroxyl groups is 1. The van der Waals surface area contributed by atoms with Crippen molar-refractivity contribution in [2.75, 3.05) is 27.7 Å². The fourth-order valence-electron chi connectivity index (χ4n) is 6.75. The van der Waals surface area contributed by atoms with Gasteiger partial charge in [0, 0.05) is 39.3 Å². The van der Waals surface area contributed by atoms with Gasteiger partial charge in [0.1, 0.15) is 36.8 Å². The van der Waals surface area contributed by atoms with Crippen LogP contribution in [0, 0.1) is 11.8 Å². The summed E-state index contributed by atoms with van der Waals surface area (Å²) < 4.78 is 35.7. The van der Waals surface area contributed by atoms with E-state index in [1.54, 1.807) is 58.0 Å².